The fraction of sp³-hybridized carbons (Fsp3) is 0.211. The number of para-hydroxylation sites is 1. The van der Waals surface area contributed by atoms with E-state index in [0.717, 1.165) is 0 Å². The molecule has 0 atom stereocenters. The molecule has 0 saturated carbocycles. The first-order chi connectivity index (χ1) is 12.9. The lowest BCUT2D eigenvalue weighted by Gasteiger charge is -2.11. The minimum absolute atomic E-state index is 0.000263. The van der Waals surface area contributed by atoms with Crippen LogP contribution in [0.1, 0.15) is 23.7 Å². The second-order valence-corrected chi connectivity index (χ2v) is 5.67. The molecule has 0 spiro atoms. The molecule has 27 heavy (non-hydrogen) atoms. The molecule has 0 saturated heterocycles. The number of carbonyl (C=O) groups is 2. The highest BCUT2D eigenvalue weighted by Crippen LogP contribution is 2.29. The number of ether oxygens (including phenoxy) is 2. The van der Waals surface area contributed by atoms with Crippen LogP contribution >= 0.6 is 0 Å². The lowest BCUT2D eigenvalue weighted by Crippen LogP contribution is -2.22. The molecule has 0 radical (unpaired) electrons. The second-order valence-electron chi connectivity index (χ2n) is 5.67. The molecule has 0 unspecified atom stereocenters. The zero-order chi connectivity index (χ0) is 19.8. The van der Waals surface area contributed by atoms with Gasteiger partial charge in [0.1, 0.15) is 11.5 Å². The van der Waals surface area contributed by atoms with Crippen molar-refractivity contribution in [2.45, 2.75) is 13.3 Å². The minimum Gasteiger partial charge on any atom is -0.497 e. The molecule has 8 nitrogen and oxygen atoms in total. The Balaban J connectivity index is 1.96. The molecule has 142 valence electrons. The van der Waals surface area contributed by atoms with Gasteiger partial charge in [0.2, 0.25) is 5.91 Å². The van der Waals surface area contributed by atoms with Crippen molar-refractivity contribution < 1.29 is 19.1 Å². The molecule has 0 heterocycles. The first kappa shape index (κ1) is 19.8. The summed E-state index contributed by atoms with van der Waals surface area (Å²) in [6.07, 6.45) is -0.000263. The van der Waals surface area contributed by atoms with E-state index in [9.17, 15) is 9.59 Å². The van der Waals surface area contributed by atoms with Gasteiger partial charge in [-0.1, -0.05) is 12.1 Å². The number of hydrogen-bond acceptors (Lipinski definition) is 6. The third kappa shape index (κ3) is 5.46. The van der Waals surface area contributed by atoms with Crippen LogP contribution in [0.25, 0.3) is 0 Å². The van der Waals surface area contributed by atoms with Crippen LogP contribution in [0.5, 0.6) is 11.5 Å². The molecule has 2 amide bonds. The molecule has 0 aliphatic heterocycles. The first-order valence-electron chi connectivity index (χ1n) is 8.14. The number of nitrogens with two attached hydrogens (primary N) is 1. The van der Waals surface area contributed by atoms with E-state index in [1.165, 1.54) is 7.11 Å². The SMILES string of the molecule is COc1ccc(NC(=O)C/C(C)=N\NC(=O)c2ccccc2N)c(OC)c1. The lowest BCUT2D eigenvalue weighted by molar-refractivity contribution is -0.115. The van der Waals surface area contributed by atoms with Crippen LogP contribution < -0.4 is 25.9 Å². The average molecular weight is 370 g/mol. The van der Waals surface area contributed by atoms with Gasteiger partial charge < -0.3 is 20.5 Å². The number of nitrogens with one attached hydrogen (secondary N) is 2. The molecular formula is C19H22N4O4. The maximum absolute atomic E-state index is 12.2. The van der Waals surface area contributed by atoms with Gasteiger partial charge >= 0.3 is 0 Å². The van der Waals surface area contributed by atoms with E-state index in [2.05, 4.69) is 15.8 Å². The molecule has 0 aromatic heterocycles. The van der Waals surface area contributed by atoms with Crippen molar-refractivity contribution in [2.75, 3.05) is 25.3 Å². The van der Waals surface area contributed by atoms with Gasteiger partial charge in [0.05, 0.1) is 31.9 Å². The molecule has 8 heteroatoms. The molecular weight excluding hydrogens is 348 g/mol. The topological polar surface area (TPSA) is 115 Å². The van der Waals surface area contributed by atoms with Crippen LogP contribution in [0.2, 0.25) is 0 Å². The number of hydrogen-bond donors (Lipinski definition) is 3. The largest absolute Gasteiger partial charge is 0.497 e. The molecule has 0 bridgehead atoms. The summed E-state index contributed by atoms with van der Waals surface area (Å²) in [4.78, 5) is 24.3. The highest BCUT2D eigenvalue weighted by Gasteiger charge is 2.11. The summed E-state index contributed by atoms with van der Waals surface area (Å²) in [6.45, 7) is 1.64. The van der Waals surface area contributed by atoms with Gasteiger partial charge in [0.25, 0.3) is 5.91 Å². The predicted molar refractivity (Wildman–Crippen MR) is 104 cm³/mol. The van der Waals surface area contributed by atoms with Crippen LogP contribution in [0.15, 0.2) is 47.6 Å². The van der Waals surface area contributed by atoms with Crippen LogP contribution in [0, 0.1) is 0 Å². The average Bonchev–Trinajstić information content (AvgIpc) is 2.66. The minimum atomic E-state index is -0.440. The number of carbonyl (C=O) groups excluding carboxylic acids is 2. The molecule has 4 N–H and O–H groups in total. The zero-order valence-electron chi connectivity index (χ0n) is 15.4. The fourth-order valence-corrected chi connectivity index (χ4v) is 2.28. The van der Waals surface area contributed by atoms with Gasteiger partial charge in [-0.2, -0.15) is 5.10 Å². The van der Waals surface area contributed by atoms with E-state index in [1.54, 1.807) is 56.5 Å². The quantitative estimate of drug-likeness (QED) is 0.393. The lowest BCUT2D eigenvalue weighted by atomic mass is 10.2. The number of amides is 2. The number of hydrazone groups is 1. The van der Waals surface area contributed by atoms with E-state index < -0.39 is 5.91 Å². The smallest absolute Gasteiger partial charge is 0.273 e. The van der Waals surface area contributed by atoms with Crippen LogP contribution in [-0.4, -0.2) is 31.7 Å². The van der Waals surface area contributed by atoms with Gasteiger partial charge in [-0.3, -0.25) is 9.59 Å². The highest BCUT2D eigenvalue weighted by molar-refractivity contribution is 6.07. The Morgan fingerprint density at radius 3 is 2.52 bits per heavy atom. The van der Waals surface area contributed by atoms with E-state index in [-0.39, 0.29) is 12.3 Å². The van der Waals surface area contributed by atoms with Crippen LogP contribution in [0.3, 0.4) is 0 Å². The monoisotopic (exact) mass is 370 g/mol. The van der Waals surface area contributed by atoms with E-state index in [0.29, 0.717) is 34.1 Å². The number of methoxy groups -OCH3 is 2. The van der Waals surface area contributed by atoms with E-state index in [4.69, 9.17) is 15.2 Å². The molecule has 2 aromatic rings. The first-order valence-corrected chi connectivity index (χ1v) is 8.14. The maximum atomic E-state index is 12.2. The Morgan fingerprint density at radius 2 is 1.85 bits per heavy atom. The molecule has 2 aromatic carbocycles. The van der Waals surface area contributed by atoms with Crippen molar-refractivity contribution in [1.82, 2.24) is 5.43 Å². The van der Waals surface area contributed by atoms with Crippen molar-refractivity contribution in [3.63, 3.8) is 0 Å². The summed E-state index contributed by atoms with van der Waals surface area (Å²) < 4.78 is 10.4. The fourth-order valence-electron chi connectivity index (χ4n) is 2.28. The van der Waals surface area contributed by atoms with E-state index >= 15 is 0 Å². The molecule has 2 rings (SSSR count). The van der Waals surface area contributed by atoms with Crippen molar-refractivity contribution in [3.05, 3.63) is 48.0 Å². The normalized spacial score (nSPS) is 10.9. The summed E-state index contributed by atoms with van der Waals surface area (Å²) in [7, 11) is 3.05. The van der Waals surface area contributed by atoms with Gasteiger partial charge in [-0.25, -0.2) is 5.43 Å². The number of anilines is 2. The van der Waals surface area contributed by atoms with Gasteiger partial charge in [0.15, 0.2) is 0 Å². The van der Waals surface area contributed by atoms with E-state index in [1.807, 2.05) is 0 Å². The summed E-state index contributed by atoms with van der Waals surface area (Å²) in [5.41, 5.74) is 9.76. The van der Waals surface area contributed by atoms with Gasteiger partial charge in [0, 0.05) is 17.5 Å². The van der Waals surface area contributed by atoms with Crippen LogP contribution in [0.4, 0.5) is 11.4 Å². The Kier molecular flexibility index (Phi) is 6.76. The number of nitrogens with zero attached hydrogens (tertiary/aromatic N) is 1. The third-order valence-corrected chi connectivity index (χ3v) is 3.65. The number of benzene rings is 2. The van der Waals surface area contributed by atoms with Gasteiger partial charge in [-0.15, -0.1) is 0 Å². The second kappa shape index (κ2) is 9.23. The molecule has 0 aliphatic rings. The van der Waals surface area contributed by atoms with Crippen molar-refractivity contribution in [1.29, 1.82) is 0 Å². The Bertz CT molecular complexity index is 865. The molecule has 0 aliphatic carbocycles. The standard InChI is InChI=1S/C19H22N4O4/c1-12(22-23-19(25)14-6-4-5-7-15(14)20)10-18(24)21-16-9-8-13(26-2)11-17(16)27-3/h4-9,11H,10,20H2,1-3H3,(H,21,24)(H,23,25)/b22-12-. The van der Waals surface area contributed by atoms with Crippen molar-refractivity contribution in [3.8, 4) is 11.5 Å². The maximum Gasteiger partial charge on any atom is 0.273 e. The van der Waals surface area contributed by atoms with Crippen LogP contribution in [-0.2, 0) is 4.79 Å². The summed E-state index contributed by atoms with van der Waals surface area (Å²) in [6, 6.07) is 11.7. The third-order valence-electron chi connectivity index (χ3n) is 3.65. The Morgan fingerprint density at radius 1 is 1.11 bits per heavy atom. The number of nitrogen functional groups attached to an aromatic ring is 1. The summed E-state index contributed by atoms with van der Waals surface area (Å²) in [5, 5.41) is 6.68. The Labute approximate surface area is 157 Å². The highest BCUT2D eigenvalue weighted by atomic mass is 16.5. The summed E-state index contributed by atoms with van der Waals surface area (Å²) in [5.74, 6) is 0.355. The van der Waals surface area contributed by atoms with Crippen molar-refractivity contribution in [2.24, 2.45) is 5.10 Å². The summed E-state index contributed by atoms with van der Waals surface area (Å²) >= 11 is 0. The van der Waals surface area contributed by atoms with Gasteiger partial charge in [-0.05, 0) is 31.2 Å². The predicted octanol–water partition coefficient (Wildman–Crippen LogP) is 2.42. The number of rotatable bonds is 7. The molecule has 0 fully saturated rings. The van der Waals surface area contributed by atoms with Crippen molar-refractivity contribution >= 4 is 28.9 Å². The Hall–Kier alpha value is -3.55. The zero-order valence-corrected chi connectivity index (χ0v) is 15.4.